The van der Waals surface area contributed by atoms with Gasteiger partial charge in [-0.2, -0.15) is 0 Å². The minimum Gasteiger partial charge on any atom is -0.508 e. The number of carbonyl (C=O) groups is 4. The van der Waals surface area contributed by atoms with Crippen LogP contribution in [0.25, 0.3) is 33.3 Å². The number of phenols is 1. The molecule has 5 atom stereocenters. The summed E-state index contributed by atoms with van der Waals surface area (Å²) < 4.78 is 19.2. The molecule has 0 radical (unpaired) electrons. The van der Waals surface area contributed by atoms with Crippen molar-refractivity contribution in [1.82, 2.24) is 35.1 Å². The zero-order chi connectivity index (χ0) is 47.3. The van der Waals surface area contributed by atoms with Crippen LogP contribution in [0, 0.1) is 17.3 Å². The van der Waals surface area contributed by atoms with Crippen molar-refractivity contribution in [2.24, 2.45) is 17.3 Å². The van der Waals surface area contributed by atoms with Gasteiger partial charge < -0.3 is 34.1 Å². The van der Waals surface area contributed by atoms with Crippen molar-refractivity contribution in [3.8, 4) is 28.1 Å². The Bertz CT molecular complexity index is 2370. The SMILES string of the molecule is CCn1c(-c2cccnc2C(C)OC)c(CC(C)(C)COC=O)c2cc(-c3cc(O)cc(CC(NC(=O)C(C(C)C)N(C)C(=O)C4CCN5CCOCC45)C(=O)N4CCCCN4)c3)ccc21. The van der Waals surface area contributed by atoms with Crippen LogP contribution in [-0.2, 0) is 52.8 Å². The third-order valence-electron chi connectivity index (χ3n) is 13.7. The first kappa shape index (κ1) is 48.6. The van der Waals surface area contributed by atoms with Gasteiger partial charge in [0.15, 0.2) is 0 Å². The molecule has 3 fully saturated rings. The summed E-state index contributed by atoms with van der Waals surface area (Å²) in [6.45, 7) is 17.3. The van der Waals surface area contributed by atoms with Crippen molar-refractivity contribution in [1.29, 1.82) is 0 Å². The molecule has 3 aliphatic heterocycles. The van der Waals surface area contributed by atoms with E-state index in [0.717, 1.165) is 70.5 Å². The Labute approximate surface area is 389 Å². The maximum Gasteiger partial charge on any atom is 0.293 e. The van der Waals surface area contributed by atoms with E-state index in [0.29, 0.717) is 57.7 Å². The van der Waals surface area contributed by atoms with Crippen molar-refractivity contribution in [2.75, 3.05) is 60.2 Å². The second-order valence-electron chi connectivity index (χ2n) is 19.3. The first-order valence-electron chi connectivity index (χ1n) is 23.6. The lowest BCUT2D eigenvalue weighted by atomic mass is 9.84. The number of methoxy groups -OCH3 is 1. The molecule has 3 aliphatic rings. The summed E-state index contributed by atoms with van der Waals surface area (Å²) >= 11 is 0. The molecule has 15 nitrogen and oxygen atoms in total. The van der Waals surface area contributed by atoms with Gasteiger partial charge in [0.25, 0.3) is 12.4 Å². The van der Waals surface area contributed by atoms with Crippen LogP contribution in [0.4, 0.5) is 0 Å². The molecule has 3 amide bonds. The fourth-order valence-electron chi connectivity index (χ4n) is 10.4. The molecule has 4 aromatic rings. The highest BCUT2D eigenvalue weighted by Gasteiger charge is 2.44. The number of phenolic OH excluding ortho intramolecular Hbond substituents is 1. The summed E-state index contributed by atoms with van der Waals surface area (Å²) in [5.74, 6) is -1.28. The third kappa shape index (κ3) is 10.4. The Balaban J connectivity index is 1.24. The summed E-state index contributed by atoms with van der Waals surface area (Å²) in [7, 11) is 3.37. The molecule has 0 spiro atoms. The zero-order valence-corrected chi connectivity index (χ0v) is 40.0. The summed E-state index contributed by atoms with van der Waals surface area (Å²) in [5, 5.41) is 17.0. The molecule has 66 heavy (non-hydrogen) atoms. The van der Waals surface area contributed by atoms with E-state index in [1.54, 1.807) is 42.4 Å². The van der Waals surface area contributed by atoms with Crippen LogP contribution in [-0.4, -0.2) is 132 Å². The standard InChI is InChI=1S/C51H69N7O8/c1-9-57-43-15-14-35(27-40(43)41(28-51(5,6)30-66-31-59)47(57)39-13-12-17-52-45(39)33(4)64-8)36-23-34(24-37(60)26-36)25-42(50(63)58-19-11-10-18-53-58)54-48(61)46(32(2)3)55(7)49(62)38-16-20-56-21-22-65-29-44(38)56/h12-15,17,23-24,26-27,31-33,38,42,44,46,53,60H,9-11,16,18-22,25,28-30H2,1-8H3,(H,54,61). The molecule has 0 saturated carbocycles. The molecule has 3 saturated heterocycles. The topological polar surface area (TPSA) is 168 Å². The Morgan fingerprint density at radius 2 is 1.88 bits per heavy atom. The summed E-state index contributed by atoms with van der Waals surface area (Å²) in [5.41, 5.74) is 9.87. The van der Waals surface area contributed by atoms with Gasteiger partial charge in [-0.25, -0.2) is 5.43 Å². The predicted octanol–water partition coefficient (Wildman–Crippen LogP) is 5.90. The molecule has 0 bridgehead atoms. The van der Waals surface area contributed by atoms with Gasteiger partial charge >= 0.3 is 0 Å². The molecule has 7 rings (SSSR count). The lowest BCUT2D eigenvalue weighted by Crippen LogP contribution is -2.60. The Hall–Kier alpha value is -5.35. The van der Waals surface area contributed by atoms with Crippen LogP contribution in [0.2, 0.25) is 0 Å². The van der Waals surface area contributed by atoms with Crippen molar-refractivity contribution in [3.63, 3.8) is 0 Å². The fraction of sp³-hybridized carbons (Fsp3) is 0.549. The van der Waals surface area contributed by atoms with Gasteiger partial charge in [-0.05, 0) is 111 Å². The number of likely N-dealkylation sites (N-methyl/N-ethyl adjacent to an activating group) is 1. The van der Waals surface area contributed by atoms with E-state index in [1.807, 2.05) is 39.0 Å². The molecule has 0 aliphatic carbocycles. The number of nitrogens with zero attached hydrogens (tertiary/aromatic N) is 5. The van der Waals surface area contributed by atoms with Crippen LogP contribution in [0.1, 0.15) is 83.7 Å². The summed E-state index contributed by atoms with van der Waals surface area (Å²) in [6.07, 6.45) is 4.64. The number of morpholine rings is 1. The maximum atomic E-state index is 14.5. The minimum atomic E-state index is -0.995. The Kier molecular flexibility index (Phi) is 15.5. The summed E-state index contributed by atoms with van der Waals surface area (Å²) in [6, 6.07) is 13.7. The average Bonchev–Trinajstić information content (AvgIpc) is 3.88. The number of aromatic hydroxyl groups is 1. The smallest absolute Gasteiger partial charge is 0.293 e. The second kappa shape index (κ2) is 21.1. The van der Waals surface area contributed by atoms with Gasteiger partial charge in [0, 0.05) is 80.9 Å². The number of aromatic nitrogens is 2. The van der Waals surface area contributed by atoms with Gasteiger partial charge in [0.1, 0.15) is 17.8 Å². The van der Waals surface area contributed by atoms with Gasteiger partial charge in [-0.1, -0.05) is 39.8 Å². The highest BCUT2D eigenvalue weighted by molar-refractivity contribution is 5.96. The largest absolute Gasteiger partial charge is 0.508 e. The van der Waals surface area contributed by atoms with Crippen LogP contribution < -0.4 is 10.7 Å². The number of hydrazine groups is 1. The number of hydrogen-bond donors (Lipinski definition) is 3. The van der Waals surface area contributed by atoms with Gasteiger partial charge in [0.05, 0.1) is 43.2 Å². The van der Waals surface area contributed by atoms with E-state index >= 15 is 0 Å². The average molecular weight is 908 g/mol. The van der Waals surface area contributed by atoms with E-state index < -0.39 is 23.4 Å². The third-order valence-corrected chi connectivity index (χ3v) is 13.7. The minimum absolute atomic E-state index is 0.0152. The van der Waals surface area contributed by atoms with Crippen molar-refractivity contribution >= 4 is 35.1 Å². The predicted molar refractivity (Wildman–Crippen MR) is 253 cm³/mol. The molecule has 2 aromatic carbocycles. The second-order valence-corrected chi connectivity index (χ2v) is 19.3. The van der Waals surface area contributed by atoms with Crippen LogP contribution in [0.15, 0.2) is 54.7 Å². The molecule has 356 valence electrons. The lowest BCUT2D eigenvalue weighted by Gasteiger charge is -2.37. The van der Waals surface area contributed by atoms with Crippen molar-refractivity contribution in [3.05, 3.63) is 71.5 Å². The van der Waals surface area contributed by atoms with Gasteiger partial charge in [-0.15, -0.1) is 0 Å². The van der Waals surface area contributed by atoms with Crippen molar-refractivity contribution in [2.45, 2.75) is 104 Å². The zero-order valence-electron chi connectivity index (χ0n) is 40.0. The number of rotatable bonds is 18. The summed E-state index contributed by atoms with van der Waals surface area (Å²) in [4.78, 5) is 63.0. The number of carbonyl (C=O) groups excluding carboxylic acids is 4. The monoisotopic (exact) mass is 908 g/mol. The number of hydrogen-bond acceptors (Lipinski definition) is 11. The lowest BCUT2D eigenvalue weighted by molar-refractivity contribution is -0.147. The van der Waals surface area contributed by atoms with Gasteiger partial charge in [-0.3, -0.25) is 34.1 Å². The van der Waals surface area contributed by atoms with E-state index in [9.17, 15) is 24.3 Å². The van der Waals surface area contributed by atoms with Crippen molar-refractivity contribution < 1.29 is 38.5 Å². The quantitative estimate of drug-likeness (QED) is 0.102. The molecule has 5 unspecified atom stereocenters. The number of ether oxygens (including phenoxy) is 3. The van der Waals surface area contributed by atoms with Crippen LogP contribution >= 0.6 is 0 Å². The molecular formula is C51H69N7O8. The molecule has 15 heteroatoms. The van der Waals surface area contributed by atoms with Crippen LogP contribution in [0.5, 0.6) is 5.75 Å². The maximum absolute atomic E-state index is 14.5. The number of pyridine rings is 1. The number of aryl methyl sites for hydroxylation is 1. The molecular weight excluding hydrogens is 839 g/mol. The first-order chi connectivity index (χ1) is 31.7. The fourth-order valence-corrected chi connectivity index (χ4v) is 10.4. The van der Waals surface area contributed by atoms with E-state index in [1.165, 1.54) is 0 Å². The number of fused-ring (bicyclic) bond motifs is 2. The normalized spacial score (nSPS) is 19.3. The highest BCUT2D eigenvalue weighted by atomic mass is 16.5. The number of benzene rings is 2. The Morgan fingerprint density at radius 3 is 2.59 bits per heavy atom. The number of amides is 3. The van der Waals surface area contributed by atoms with E-state index in [2.05, 4.69) is 59.2 Å². The first-order valence-corrected chi connectivity index (χ1v) is 23.6. The molecule has 2 aromatic heterocycles. The van der Waals surface area contributed by atoms with E-state index in [-0.39, 0.29) is 54.6 Å². The molecule has 5 heterocycles. The Morgan fingerprint density at radius 1 is 1.08 bits per heavy atom. The van der Waals surface area contributed by atoms with Crippen LogP contribution in [0.3, 0.4) is 0 Å². The van der Waals surface area contributed by atoms with E-state index in [4.69, 9.17) is 19.2 Å². The molecule has 3 N–H and O–H groups in total. The highest BCUT2D eigenvalue weighted by Crippen LogP contribution is 2.42. The van der Waals surface area contributed by atoms with Gasteiger partial charge in [0.2, 0.25) is 11.8 Å². The number of nitrogens with one attached hydrogen (secondary N) is 2.